The smallest absolute Gasteiger partial charge is 0.345 e. The fourth-order valence-corrected chi connectivity index (χ4v) is 2.38. The van der Waals surface area contributed by atoms with Crippen LogP contribution in [0.15, 0.2) is 18.2 Å². The molecule has 0 fully saturated rings. The number of rotatable bonds is 4. The highest BCUT2D eigenvalue weighted by Crippen LogP contribution is 2.33. The van der Waals surface area contributed by atoms with Crippen LogP contribution in [0.1, 0.15) is 50.2 Å². The van der Waals surface area contributed by atoms with Gasteiger partial charge in [0.1, 0.15) is 11.3 Å². The first-order chi connectivity index (χ1) is 9.99. The predicted octanol–water partition coefficient (Wildman–Crippen LogP) is 3.21. The van der Waals surface area contributed by atoms with E-state index < -0.39 is 5.97 Å². The van der Waals surface area contributed by atoms with Crippen LogP contribution in [0.2, 0.25) is 0 Å². The van der Waals surface area contributed by atoms with E-state index in [4.69, 9.17) is 9.47 Å². The number of ether oxygens (including phenoxy) is 2. The zero-order chi connectivity index (χ0) is 15.6. The number of carbonyl (C=O) groups is 1. The van der Waals surface area contributed by atoms with E-state index in [9.17, 15) is 4.79 Å². The predicted molar refractivity (Wildman–Crippen MR) is 81.4 cm³/mol. The second-order valence-corrected chi connectivity index (χ2v) is 5.31. The van der Waals surface area contributed by atoms with Gasteiger partial charge < -0.3 is 9.47 Å². The number of hydrogen-bond donors (Lipinski definition) is 0. The number of aromatic nitrogens is 2. The van der Waals surface area contributed by atoms with Gasteiger partial charge in [-0.2, -0.15) is 5.10 Å². The Morgan fingerprint density at radius 2 is 2.29 bits per heavy atom. The molecule has 1 aliphatic heterocycles. The van der Waals surface area contributed by atoms with Gasteiger partial charge in [-0.1, -0.05) is 18.2 Å². The summed E-state index contributed by atoms with van der Waals surface area (Å²) in [6.07, 6.45) is 2.65. The van der Waals surface area contributed by atoms with Gasteiger partial charge in [-0.15, -0.1) is 0 Å². The average Bonchev–Trinajstić information content (AvgIpc) is 2.77. The molecule has 0 aromatic carbocycles. The molecule has 0 radical (unpaired) electrons. The quantitative estimate of drug-likeness (QED) is 0.631. The summed E-state index contributed by atoms with van der Waals surface area (Å²) >= 11 is 0. The molecule has 0 spiro atoms. The van der Waals surface area contributed by atoms with Crippen LogP contribution in [0.25, 0.3) is 5.57 Å². The summed E-state index contributed by atoms with van der Waals surface area (Å²) in [4.78, 5) is 12.3. The van der Waals surface area contributed by atoms with Crippen LogP contribution in [-0.4, -0.2) is 28.5 Å². The van der Waals surface area contributed by atoms with E-state index in [1.165, 1.54) is 0 Å². The molecule has 0 N–H and O–H groups in total. The largest absolute Gasteiger partial charge is 0.474 e. The van der Waals surface area contributed by atoms with Crippen molar-refractivity contribution in [3.63, 3.8) is 0 Å². The first-order valence-electron chi connectivity index (χ1n) is 7.24. The van der Waals surface area contributed by atoms with E-state index in [2.05, 4.69) is 11.7 Å². The highest BCUT2D eigenvalue weighted by atomic mass is 16.5. The summed E-state index contributed by atoms with van der Waals surface area (Å²) in [7, 11) is 0. The Morgan fingerprint density at radius 1 is 1.57 bits per heavy atom. The van der Waals surface area contributed by atoms with Gasteiger partial charge in [0.25, 0.3) is 0 Å². The minimum Gasteiger partial charge on any atom is -0.474 e. The topological polar surface area (TPSA) is 53.4 Å². The van der Waals surface area contributed by atoms with Crippen molar-refractivity contribution in [3.8, 4) is 5.88 Å². The van der Waals surface area contributed by atoms with Crippen molar-refractivity contribution >= 4 is 11.5 Å². The Labute approximate surface area is 125 Å². The monoisotopic (exact) mass is 290 g/mol. The van der Waals surface area contributed by atoms with Gasteiger partial charge in [0.05, 0.1) is 12.7 Å². The minimum absolute atomic E-state index is 0.0640. The van der Waals surface area contributed by atoms with Gasteiger partial charge in [0.2, 0.25) is 5.88 Å². The Balaban J connectivity index is 2.62. The Kier molecular flexibility index (Phi) is 4.50. The number of fused-ring (bicyclic) bond motifs is 1. The van der Waals surface area contributed by atoms with Crippen LogP contribution in [0.4, 0.5) is 0 Å². The van der Waals surface area contributed by atoms with Crippen LogP contribution >= 0.6 is 0 Å². The van der Waals surface area contributed by atoms with Crippen molar-refractivity contribution < 1.29 is 14.3 Å². The second-order valence-electron chi connectivity index (χ2n) is 5.31. The third-order valence-electron chi connectivity index (χ3n) is 3.44. The van der Waals surface area contributed by atoms with Crippen molar-refractivity contribution in [3.05, 3.63) is 29.5 Å². The molecule has 0 bridgehead atoms. The van der Waals surface area contributed by atoms with E-state index in [0.717, 1.165) is 24.1 Å². The SMILES string of the molecule is C=CC(=C(C)C)c1nn2c(c1C(=O)OCC)O[C@H](C)CC2. The lowest BCUT2D eigenvalue weighted by molar-refractivity contribution is 0.0514. The van der Waals surface area contributed by atoms with Gasteiger partial charge in [-0.3, -0.25) is 0 Å². The number of carbonyl (C=O) groups excluding carboxylic acids is 1. The van der Waals surface area contributed by atoms with Crippen LogP contribution < -0.4 is 4.74 Å². The van der Waals surface area contributed by atoms with E-state index in [1.807, 2.05) is 20.8 Å². The molecule has 0 saturated carbocycles. The van der Waals surface area contributed by atoms with E-state index in [1.54, 1.807) is 17.7 Å². The molecule has 1 aromatic rings. The highest BCUT2D eigenvalue weighted by molar-refractivity contribution is 5.98. The van der Waals surface area contributed by atoms with E-state index in [-0.39, 0.29) is 6.10 Å². The maximum absolute atomic E-state index is 12.3. The molecule has 114 valence electrons. The van der Waals surface area contributed by atoms with Crippen LogP contribution in [0.3, 0.4) is 0 Å². The Morgan fingerprint density at radius 3 is 2.86 bits per heavy atom. The van der Waals surface area contributed by atoms with Crippen LogP contribution in [0.5, 0.6) is 5.88 Å². The van der Waals surface area contributed by atoms with E-state index >= 15 is 0 Å². The van der Waals surface area contributed by atoms with Crippen molar-refractivity contribution in [1.29, 1.82) is 0 Å². The number of esters is 1. The standard InChI is InChI=1S/C16H22N2O3/c1-6-12(10(3)4)14-13(16(19)20-7-2)15-18(17-14)9-8-11(5)21-15/h6,11H,1,7-9H2,2-5H3/t11-/m1/s1. The number of aryl methyl sites for hydroxylation is 1. The van der Waals surface area contributed by atoms with Gasteiger partial charge in [0.15, 0.2) is 0 Å². The summed E-state index contributed by atoms with van der Waals surface area (Å²) < 4.78 is 12.7. The lowest BCUT2D eigenvalue weighted by Crippen LogP contribution is -2.24. The molecular weight excluding hydrogens is 268 g/mol. The second kappa shape index (κ2) is 6.16. The van der Waals surface area contributed by atoms with Crippen molar-refractivity contribution in [1.82, 2.24) is 9.78 Å². The van der Waals surface area contributed by atoms with Gasteiger partial charge in [-0.05, 0) is 27.7 Å². The first-order valence-corrected chi connectivity index (χ1v) is 7.24. The van der Waals surface area contributed by atoms with Gasteiger partial charge in [-0.25, -0.2) is 9.48 Å². The maximum Gasteiger partial charge on any atom is 0.345 e. The summed E-state index contributed by atoms with van der Waals surface area (Å²) in [5, 5.41) is 4.54. The lowest BCUT2D eigenvalue weighted by Gasteiger charge is -2.21. The molecule has 0 saturated heterocycles. The zero-order valence-corrected chi connectivity index (χ0v) is 13.1. The molecule has 0 aliphatic carbocycles. The minimum atomic E-state index is -0.400. The van der Waals surface area contributed by atoms with Crippen molar-refractivity contribution in [2.45, 2.75) is 46.8 Å². The molecule has 0 unspecified atom stereocenters. The maximum atomic E-state index is 12.3. The molecule has 5 nitrogen and oxygen atoms in total. The Hall–Kier alpha value is -2.04. The van der Waals surface area contributed by atoms with Crippen LogP contribution in [0, 0.1) is 0 Å². The number of nitrogens with zero attached hydrogens (tertiary/aromatic N) is 2. The normalized spacial score (nSPS) is 16.7. The number of allylic oxidation sites excluding steroid dienone is 3. The molecule has 1 aliphatic rings. The third-order valence-corrected chi connectivity index (χ3v) is 3.44. The summed E-state index contributed by atoms with van der Waals surface area (Å²) in [5.74, 6) is 0.103. The van der Waals surface area contributed by atoms with E-state index in [0.29, 0.717) is 23.7 Å². The van der Waals surface area contributed by atoms with Gasteiger partial charge in [0, 0.05) is 18.5 Å². The summed E-state index contributed by atoms with van der Waals surface area (Å²) in [6.45, 7) is 12.6. The summed E-state index contributed by atoms with van der Waals surface area (Å²) in [5.41, 5.74) is 2.88. The van der Waals surface area contributed by atoms with Gasteiger partial charge >= 0.3 is 5.97 Å². The highest BCUT2D eigenvalue weighted by Gasteiger charge is 2.31. The molecule has 2 rings (SSSR count). The average molecular weight is 290 g/mol. The fourth-order valence-electron chi connectivity index (χ4n) is 2.38. The molecule has 1 aromatic heterocycles. The molecule has 2 heterocycles. The molecule has 21 heavy (non-hydrogen) atoms. The molecular formula is C16H22N2O3. The lowest BCUT2D eigenvalue weighted by atomic mass is 10.0. The van der Waals surface area contributed by atoms with Crippen molar-refractivity contribution in [2.75, 3.05) is 6.61 Å². The Bertz CT molecular complexity index is 595. The molecule has 0 amide bonds. The molecule has 5 heteroatoms. The third kappa shape index (κ3) is 2.86. The fraction of sp³-hybridized carbons (Fsp3) is 0.500. The van der Waals surface area contributed by atoms with Crippen molar-refractivity contribution in [2.24, 2.45) is 0 Å². The zero-order valence-electron chi connectivity index (χ0n) is 13.1. The summed E-state index contributed by atoms with van der Waals surface area (Å²) in [6, 6.07) is 0. The van der Waals surface area contributed by atoms with Crippen LogP contribution in [-0.2, 0) is 11.3 Å². The molecule has 1 atom stereocenters. The first kappa shape index (κ1) is 15.4. The number of hydrogen-bond acceptors (Lipinski definition) is 4.